The molecule has 3 heterocycles. The molecular formula is C30H33ClN4O5S2. The lowest BCUT2D eigenvalue weighted by atomic mass is 10.0. The third-order valence-corrected chi connectivity index (χ3v) is 10.5. The van der Waals surface area contributed by atoms with Crippen LogP contribution < -0.4 is 18.7 Å². The van der Waals surface area contributed by atoms with Crippen LogP contribution in [-0.2, 0) is 16.4 Å². The van der Waals surface area contributed by atoms with Crippen LogP contribution in [0.3, 0.4) is 0 Å². The number of rotatable bonds is 9. The van der Waals surface area contributed by atoms with Gasteiger partial charge < -0.3 is 14.4 Å². The highest BCUT2D eigenvalue weighted by molar-refractivity contribution is 7.92. The molecule has 0 aliphatic carbocycles. The van der Waals surface area contributed by atoms with Crippen LogP contribution in [0.4, 0.5) is 10.8 Å². The van der Waals surface area contributed by atoms with Gasteiger partial charge in [0.2, 0.25) is 6.79 Å². The number of anilines is 2. The number of halogens is 1. The zero-order valence-electron chi connectivity index (χ0n) is 23.5. The largest absolute Gasteiger partial charge is 0.454 e. The van der Waals surface area contributed by atoms with E-state index in [-0.39, 0.29) is 30.0 Å². The minimum absolute atomic E-state index is 0. The molecule has 0 fully saturated rings. The van der Waals surface area contributed by atoms with Gasteiger partial charge in [-0.3, -0.25) is 14.0 Å². The second-order valence-electron chi connectivity index (χ2n) is 9.99. The highest BCUT2D eigenvalue weighted by atomic mass is 35.5. The molecule has 0 spiro atoms. The van der Waals surface area contributed by atoms with Crippen molar-refractivity contribution < 1.29 is 22.7 Å². The normalized spacial score (nSPS) is 14.1. The standard InChI is InChI=1S/C30H32N4O5S2.ClH/c1-3-32(4-2)16-17-33(30-31-24-18-26-27(39-20-38-26)19-28(24)40-30)29(35)22-11-13-23(14-12-22)41(36,37)34-15-7-9-21-8-5-6-10-25(21)34;/h5-6,8,10-14,18-19H,3-4,7,9,15-17,20H2,1-2H3;1H. The lowest BCUT2D eigenvalue weighted by Gasteiger charge is -2.30. The first-order valence-corrected chi connectivity index (χ1v) is 16.1. The average Bonchev–Trinajstić information content (AvgIpc) is 3.63. The van der Waals surface area contributed by atoms with Crippen molar-refractivity contribution >= 4 is 60.7 Å². The highest BCUT2D eigenvalue weighted by Crippen LogP contribution is 2.40. The molecular weight excluding hydrogens is 596 g/mol. The van der Waals surface area contributed by atoms with Crippen molar-refractivity contribution in [3.8, 4) is 11.5 Å². The van der Waals surface area contributed by atoms with E-state index in [0.717, 1.165) is 47.4 Å². The number of aromatic nitrogens is 1. The number of likely N-dealkylation sites (N-methyl/N-ethyl adjacent to an activating group) is 1. The Hall–Kier alpha value is -3.38. The molecule has 0 N–H and O–H groups in total. The molecule has 3 aromatic carbocycles. The van der Waals surface area contributed by atoms with Crippen LogP contribution in [0.15, 0.2) is 65.6 Å². The summed E-state index contributed by atoms with van der Waals surface area (Å²) in [6.07, 6.45) is 1.62. The quantitative estimate of drug-likeness (QED) is 0.239. The maximum atomic E-state index is 13.9. The number of benzene rings is 3. The molecule has 0 radical (unpaired) electrons. The van der Waals surface area contributed by atoms with Crippen molar-refractivity contribution in [2.75, 3.05) is 48.7 Å². The Balaban J connectivity index is 0.00000353. The zero-order chi connectivity index (χ0) is 28.6. The number of carbonyl (C=O) groups is 1. The molecule has 0 bridgehead atoms. The van der Waals surface area contributed by atoms with Crippen LogP contribution in [0.25, 0.3) is 10.2 Å². The van der Waals surface area contributed by atoms with Gasteiger partial charge in [0, 0.05) is 37.3 Å². The van der Waals surface area contributed by atoms with Crippen LogP contribution in [-0.4, -0.2) is 63.7 Å². The Morgan fingerprint density at radius 3 is 2.45 bits per heavy atom. The van der Waals surface area contributed by atoms with Gasteiger partial charge in [-0.15, -0.1) is 12.4 Å². The van der Waals surface area contributed by atoms with Gasteiger partial charge in [-0.25, -0.2) is 13.4 Å². The Labute approximate surface area is 256 Å². The Morgan fingerprint density at radius 2 is 1.71 bits per heavy atom. The predicted octanol–water partition coefficient (Wildman–Crippen LogP) is 5.58. The summed E-state index contributed by atoms with van der Waals surface area (Å²) in [6.45, 7) is 7.65. The second-order valence-corrected chi connectivity index (χ2v) is 12.9. The van der Waals surface area contributed by atoms with Crippen LogP contribution in [0, 0.1) is 0 Å². The Kier molecular flexibility index (Phi) is 8.93. The topological polar surface area (TPSA) is 92.3 Å². The lowest BCUT2D eigenvalue weighted by Crippen LogP contribution is -2.39. The number of hydrogen-bond donors (Lipinski definition) is 0. The van der Waals surface area contributed by atoms with E-state index in [2.05, 4.69) is 18.7 Å². The van der Waals surface area contributed by atoms with Crippen molar-refractivity contribution in [2.24, 2.45) is 0 Å². The number of thiazole rings is 1. The molecule has 222 valence electrons. The van der Waals surface area contributed by atoms with E-state index in [4.69, 9.17) is 14.5 Å². The summed E-state index contributed by atoms with van der Waals surface area (Å²) >= 11 is 1.42. The summed E-state index contributed by atoms with van der Waals surface area (Å²) in [6, 6.07) is 17.6. The molecule has 42 heavy (non-hydrogen) atoms. The predicted molar refractivity (Wildman–Crippen MR) is 168 cm³/mol. The summed E-state index contributed by atoms with van der Waals surface area (Å²) in [5.41, 5.74) is 2.88. The number of nitrogens with zero attached hydrogens (tertiary/aromatic N) is 4. The average molecular weight is 629 g/mol. The van der Waals surface area contributed by atoms with Crippen LogP contribution in [0.2, 0.25) is 0 Å². The van der Waals surface area contributed by atoms with Crippen LogP contribution in [0.5, 0.6) is 11.5 Å². The fraction of sp³-hybridized carbons (Fsp3) is 0.333. The summed E-state index contributed by atoms with van der Waals surface area (Å²) < 4.78 is 40.6. The van der Waals surface area contributed by atoms with Gasteiger partial charge in [0.05, 0.1) is 20.8 Å². The molecule has 1 aromatic heterocycles. The Morgan fingerprint density at radius 1 is 1.00 bits per heavy atom. The molecule has 9 nitrogen and oxygen atoms in total. The summed E-state index contributed by atoms with van der Waals surface area (Å²) in [7, 11) is -3.77. The van der Waals surface area contributed by atoms with E-state index in [9.17, 15) is 13.2 Å². The smallest absolute Gasteiger partial charge is 0.264 e. The number of fused-ring (bicyclic) bond motifs is 3. The minimum Gasteiger partial charge on any atom is -0.454 e. The lowest BCUT2D eigenvalue weighted by molar-refractivity contribution is 0.0983. The fourth-order valence-electron chi connectivity index (χ4n) is 5.29. The molecule has 0 atom stereocenters. The van der Waals surface area contributed by atoms with Gasteiger partial charge in [-0.05, 0) is 61.8 Å². The molecule has 0 saturated carbocycles. The van der Waals surface area contributed by atoms with E-state index in [1.165, 1.54) is 27.8 Å². The van der Waals surface area contributed by atoms with Crippen molar-refractivity contribution in [2.45, 2.75) is 31.6 Å². The van der Waals surface area contributed by atoms with Crippen molar-refractivity contribution in [3.63, 3.8) is 0 Å². The molecule has 2 aliphatic heterocycles. The number of para-hydroxylation sites is 1. The van der Waals surface area contributed by atoms with Crippen LogP contribution >= 0.6 is 23.7 Å². The number of aryl methyl sites for hydroxylation is 1. The Bertz CT molecular complexity index is 1650. The second kappa shape index (κ2) is 12.5. The van der Waals surface area contributed by atoms with Gasteiger partial charge in [0.15, 0.2) is 16.6 Å². The first-order chi connectivity index (χ1) is 19.9. The molecule has 0 unspecified atom stereocenters. The number of amides is 1. The molecule has 4 aromatic rings. The van der Waals surface area contributed by atoms with Gasteiger partial charge in [0.25, 0.3) is 15.9 Å². The maximum absolute atomic E-state index is 13.9. The molecule has 12 heteroatoms. The first-order valence-electron chi connectivity index (χ1n) is 13.8. The van der Waals surface area contributed by atoms with Crippen LogP contribution in [0.1, 0.15) is 36.2 Å². The van der Waals surface area contributed by atoms with Crippen molar-refractivity contribution in [1.82, 2.24) is 9.88 Å². The molecule has 6 rings (SSSR count). The van der Waals surface area contributed by atoms with E-state index in [1.807, 2.05) is 36.4 Å². The SMILES string of the molecule is CCN(CC)CCN(C(=O)c1ccc(S(=O)(=O)N2CCCc3ccccc32)cc1)c1nc2cc3c(cc2s1)OCO3.Cl. The molecule has 0 saturated heterocycles. The summed E-state index contributed by atoms with van der Waals surface area (Å²) in [4.78, 5) is 22.8. The third-order valence-electron chi connectivity index (χ3n) is 7.64. The van der Waals surface area contributed by atoms with E-state index < -0.39 is 10.0 Å². The fourth-order valence-corrected chi connectivity index (χ4v) is 7.83. The summed E-state index contributed by atoms with van der Waals surface area (Å²) in [5.74, 6) is 1.08. The van der Waals surface area contributed by atoms with Gasteiger partial charge >= 0.3 is 0 Å². The third kappa shape index (κ3) is 5.66. The van der Waals surface area contributed by atoms with Crippen molar-refractivity contribution in [3.05, 3.63) is 71.8 Å². The van der Waals surface area contributed by atoms with E-state index in [0.29, 0.717) is 41.8 Å². The minimum atomic E-state index is -3.77. The number of hydrogen-bond acceptors (Lipinski definition) is 8. The zero-order valence-corrected chi connectivity index (χ0v) is 25.9. The van der Waals surface area contributed by atoms with Gasteiger partial charge in [0.1, 0.15) is 0 Å². The summed E-state index contributed by atoms with van der Waals surface area (Å²) in [5, 5.41) is 0.572. The van der Waals surface area contributed by atoms with Gasteiger partial charge in [-0.2, -0.15) is 0 Å². The highest BCUT2D eigenvalue weighted by Gasteiger charge is 2.30. The monoisotopic (exact) mass is 628 g/mol. The number of carbonyl (C=O) groups excluding carboxylic acids is 1. The van der Waals surface area contributed by atoms with E-state index >= 15 is 0 Å². The molecule has 1 amide bonds. The first kappa shape index (κ1) is 30.1. The number of sulfonamides is 1. The van der Waals surface area contributed by atoms with Gasteiger partial charge in [-0.1, -0.05) is 43.4 Å². The maximum Gasteiger partial charge on any atom is 0.264 e. The van der Waals surface area contributed by atoms with Crippen molar-refractivity contribution in [1.29, 1.82) is 0 Å². The van der Waals surface area contributed by atoms with E-state index in [1.54, 1.807) is 17.0 Å². The molecule has 2 aliphatic rings. The number of ether oxygens (including phenoxy) is 2.